The van der Waals surface area contributed by atoms with E-state index in [2.05, 4.69) is 10.6 Å². The fourth-order valence-corrected chi connectivity index (χ4v) is 3.34. The molecule has 3 nitrogen and oxygen atoms in total. The van der Waals surface area contributed by atoms with Crippen LogP contribution in [0.2, 0.25) is 4.34 Å². The predicted molar refractivity (Wildman–Crippen MR) is 83.5 cm³/mol. The van der Waals surface area contributed by atoms with Gasteiger partial charge in [0.25, 0.3) is 0 Å². The van der Waals surface area contributed by atoms with E-state index in [1.807, 2.05) is 19.1 Å². The first kappa shape index (κ1) is 16.8. The minimum absolute atomic E-state index is 0. The molecule has 1 unspecified atom stereocenters. The summed E-state index contributed by atoms with van der Waals surface area (Å²) < 4.78 is 0.805. The Morgan fingerprint density at radius 2 is 2.37 bits per heavy atom. The molecule has 2 N–H and O–H groups in total. The zero-order chi connectivity index (χ0) is 13.0. The molecule has 0 bridgehead atoms. The Bertz CT molecular complexity index is 417. The van der Waals surface area contributed by atoms with E-state index >= 15 is 0 Å². The van der Waals surface area contributed by atoms with Crippen molar-refractivity contribution < 1.29 is 4.79 Å². The maximum Gasteiger partial charge on any atom is 0.227 e. The smallest absolute Gasteiger partial charge is 0.227 e. The molecule has 0 aromatic carbocycles. The van der Waals surface area contributed by atoms with Gasteiger partial charge in [-0.05, 0) is 44.9 Å². The first-order chi connectivity index (χ1) is 8.60. The Hall–Kier alpha value is -0.290. The van der Waals surface area contributed by atoms with Gasteiger partial charge in [0.1, 0.15) is 0 Å². The van der Waals surface area contributed by atoms with E-state index in [4.69, 9.17) is 11.6 Å². The summed E-state index contributed by atoms with van der Waals surface area (Å²) >= 11 is 7.44. The first-order valence-electron chi connectivity index (χ1n) is 6.33. The number of carbonyl (C=O) groups is 1. The molecule has 1 atom stereocenters. The molecule has 0 radical (unpaired) electrons. The molecule has 108 valence electrons. The lowest BCUT2D eigenvalue weighted by Crippen LogP contribution is -2.49. The van der Waals surface area contributed by atoms with Crippen LogP contribution in [0.25, 0.3) is 0 Å². The van der Waals surface area contributed by atoms with Gasteiger partial charge in [-0.1, -0.05) is 11.6 Å². The maximum atomic E-state index is 12.1. The van der Waals surface area contributed by atoms with E-state index in [0.29, 0.717) is 6.54 Å². The van der Waals surface area contributed by atoms with Gasteiger partial charge in [0.05, 0.1) is 9.75 Å². The van der Waals surface area contributed by atoms with Gasteiger partial charge in [-0.25, -0.2) is 0 Å². The molecule has 1 aliphatic heterocycles. The molecule has 1 fully saturated rings. The summed E-state index contributed by atoms with van der Waals surface area (Å²) in [7, 11) is 0. The van der Waals surface area contributed by atoms with Crippen molar-refractivity contribution in [3.63, 3.8) is 0 Å². The van der Waals surface area contributed by atoms with Crippen molar-refractivity contribution in [1.82, 2.24) is 10.6 Å². The fourth-order valence-electron chi connectivity index (χ4n) is 2.25. The summed E-state index contributed by atoms with van der Waals surface area (Å²) in [6.07, 6.45) is 2.90. The van der Waals surface area contributed by atoms with Gasteiger partial charge >= 0.3 is 0 Å². The Balaban J connectivity index is 0.00000180. The van der Waals surface area contributed by atoms with Crippen molar-refractivity contribution in [2.75, 3.05) is 19.6 Å². The second-order valence-electron chi connectivity index (χ2n) is 5.05. The van der Waals surface area contributed by atoms with E-state index in [9.17, 15) is 4.79 Å². The summed E-state index contributed by atoms with van der Waals surface area (Å²) in [6.45, 7) is 4.53. The van der Waals surface area contributed by atoms with Crippen molar-refractivity contribution in [3.8, 4) is 0 Å². The van der Waals surface area contributed by atoms with Crippen LogP contribution >= 0.6 is 35.3 Å². The van der Waals surface area contributed by atoms with Crippen LogP contribution in [0.4, 0.5) is 0 Å². The summed E-state index contributed by atoms with van der Waals surface area (Å²) in [6, 6.07) is 3.92. The summed E-state index contributed by atoms with van der Waals surface area (Å²) in [5.41, 5.74) is -0.245. The molecule has 1 amide bonds. The molecule has 1 saturated heterocycles. The minimum atomic E-state index is -0.245. The molecule has 2 rings (SSSR count). The average Bonchev–Trinajstić information content (AvgIpc) is 2.76. The highest BCUT2D eigenvalue weighted by molar-refractivity contribution is 7.16. The quantitative estimate of drug-likeness (QED) is 0.895. The van der Waals surface area contributed by atoms with Crippen LogP contribution in [0, 0.1) is 5.41 Å². The van der Waals surface area contributed by atoms with Gasteiger partial charge in [-0.3, -0.25) is 4.79 Å². The zero-order valence-corrected chi connectivity index (χ0v) is 13.4. The molecule has 0 aliphatic carbocycles. The second kappa shape index (κ2) is 7.48. The van der Waals surface area contributed by atoms with Crippen LogP contribution < -0.4 is 10.6 Å². The maximum absolute atomic E-state index is 12.1. The van der Waals surface area contributed by atoms with E-state index in [0.717, 1.165) is 36.7 Å². The molecular formula is C13H20Cl2N2OS. The lowest BCUT2D eigenvalue weighted by atomic mass is 9.82. The Labute approximate surface area is 129 Å². The molecule has 0 saturated carbocycles. The number of thiophene rings is 1. The molecule has 1 aromatic rings. The van der Waals surface area contributed by atoms with E-state index in [1.54, 1.807) is 11.3 Å². The summed E-state index contributed by atoms with van der Waals surface area (Å²) in [5, 5.41) is 6.33. The fraction of sp³-hybridized carbons (Fsp3) is 0.615. The largest absolute Gasteiger partial charge is 0.355 e. The van der Waals surface area contributed by atoms with Crippen LogP contribution in [0.3, 0.4) is 0 Å². The summed E-state index contributed by atoms with van der Waals surface area (Å²) in [5.74, 6) is 0.164. The van der Waals surface area contributed by atoms with Crippen molar-refractivity contribution in [2.45, 2.75) is 26.2 Å². The van der Waals surface area contributed by atoms with E-state index in [-0.39, 0.29) is 23.7 Å². The normalized spacial score (nSPS) is 22.6. The number of halogens is 2. The van der Waals surface area contributed by atoms with Crippen molar-refractivity contribution >= 4 is 41.3 Å². The second-order valence-corrected chi connectivity index (χ2v) is 6.85. The Morgan fingerprint density at radius 3 is 2.95 bits per heavy atom. The van der Waals surface area contributed by atoms with E-state index in [1.165, 1.54) is 4.88 Å². The number of amides is 1. The van der Waals surface area contributed by atoms with Crippen molar-refractivity contribution in [1.29, 1.82) is 0 Å². The number of piperidine rings is 1. The first-order valence-corrected chi connectivity index (χ1v) is 7.53. The molecule has 19 heavy (non-hydrogen) atoms. The van der Waals surface area contributed by atoms with Gasteiger partial charge in [0.15, 0.2) is 0 Å². The highest BCUT2D eigenvalue weighted by Crippen LogP contribution is 2.25. The monoisotopic (exact) mass is 322 g/mol. The molecule has 6 heteroatoms. The van der Waals surface area contributed by atoms with Gasteiger partial charge in [0.2, 0.25) is 5.91 Å². The van der Waals surface area contributed by atoms with Crippen LogP contribution in [-0.2, 0) is 11.2 Å². The molecule has 2 heterocycles. The van der Waals surface area contributed by atoms with Gasteiger partial charge in [0, 0.05) is 18.0 Å². The predicted octanol–water partition coefficient (Wildman–Crippen LogP) is 2.87. The number of hydrogen-bond donors (Lipinski definition) is 2. The van der Waals surface area contributed by atoms with Crippen LogP contribution in [0.1, 0.15) is 24.6 Å². The summed E-state index contributed by atoms with van der Waals surface area (Å²) in [4.78, 5) is 13.4. The van der Waals surface area contributed by atoms with E-state index < -0.39 is 0 Å². The number of nitrogens with one attached hydrogen (secondary N) is 2. The van der Waals surface area contributed by atoms with Crippen LogP contribution in [0.5, 0.6) is 0 Å². The lowest BCUT2D eigenvalue weighted by molar-refractivity contribution is -0.131. The standard InChI is InChI=1S/C13H19ClN2OS.ClH/c1-13(6-2-7-15-9-13)12(17)16-8-5-10-3-4-11(14)18-10;/h3-4,15H,2,5-9H2,1H3,(H,16,17);1H. The molecule has 0 spiro atoms. The van der Waals surface area contributed by atoms with Crippen molar-refractivity contribution in [2.24, 2.45) is 5.41 Å². The molecule has 1 aromatic heterocycles. The van der Waals surface area contributed by atoms with Gasteiger partial charge < -0.3 is 10.6 Å². The number of rotatable bonds is 4. The van der Waals surface area contributed by atoms with Gasteiger partial charge in [-0.15, -0.1) is 23.7 Å². The third-order valence-corrected chi connectivity index (χ3v) is 4.72. The number of hydrogen-bond acceptors (Lipinski definition) is 3. The highest BCUT2D eigenvalue weighted by atomic mass is 35.5. The highest BCUT2D eigenvalue weighted by Gasteiger charge is 2.34. The minimum Gasteiger partial charge on any atom is -0.355 e. The Kier molecular flexibility index (Phi) is 6.60. The Morgan fingerprint density at radius 1 is 1.58 bits per heavy atom. The van der Waals surface area contributed by atoms with Crippen LogP contribution in [0.15, 0.2) is 12.1 Å². The lowest BCUT2D eigenvalue weighted by Gasteiger charge is -2.32. The topological polar surface area (TPSA) is 41.1 Å². The molecular weight excluding hydrogens is 303 g/mol. The third kappa shape index (κ3) is 4.63. The van der Waals surface area contributed by atoms with Crippen LogP contribution in [-0.4, -0.2) is 25.5 Å². The zero-order valence-electron chi connectivity index (χ0n) is 11.0. The molecule has 1 aliphatic rings. The van der Waals surface area contributed by atoms with Crippen molar-refractivity contribution in [3.05, 3.63) is 21.3 Å². The number of carbonyl (C=O) groups excluding carboxylic acids is 1. The average molecular weight is 323 g/mol. The third-order valence-electron chi connectivity index (χ3n) is 3.43. The van der Waals surface area contributed by atoms with Gasteiger partial charge in [-0.2, -0.15) is 0 Å². The SMILES string of the molecule is CC1(C(=O)NCCc2ccc(Cl)s2)CCCNC1.Cl.